The third kappa shape index (κ3) is 4.01. The van der Waals surface area contributed by atoms with Crippen LogP contribution < -0.4 is 4.90 Å². The van der Waals surface area contributed by atoms with Crippen molar-refractivity contribution >= 4 is 15.5 Å². The van der Waals surface area contributed by atoms with Crippen LogP contribution in [0.5, 0.6) is 0 Å². The lowest BCUT2D eigenvalue weighted by Crippen LogP contribution is -2.49. The molecule has 1 aromatic rings. The van der Waals surface area contributed by atoms with Gasteiger partial charge in [-0.3, -0.25) is 4.90 Å². The fraction of sp³-hybridized carbons (Fsp3) is 0.600. The van der Waals surface area contributed by atoms with Gasteiger partial charge in [0.25, 0.3) is 9.84 Å². The molecule has 0 unspecified atom stereocenters. The van der Waals surface area contributed by atoms with Gasteiger partial charge in [-0.15, -0.1) is 0 Å². The Morgan fingerprint density at radius 1 is 1.17 bits per heavy atom. The maximum atomic E-state index is 12.9. The number of hydrogen-bond donors (Lipinski definition) is 1. The maximum Gasteiger partial charge on any atom is 0.501 e. The molecule has 0 amide bonds. The highest BCUT2D eigenvalue weighted by Crippen LogP contribution is 2.36. The Morgan fingerprint density at radius 2 is 1.75 bits per heavy atom. The highest BCUT2D eigenvalue weighted by atomic mass is 32.2. The lowest BCUT2D eigenvalue weighted by Gasteiger charge is -2.37. The minimum Gasteiger partial charge on any atom is -0.392 e. The molecule has 2 rings (SSSR count). The predicted molar refractivity (Wildman–Crippen MR) is 84.6 cm³/mol. The van der Waals surface area contributed by atoms with Gasteiger partial charge in [0.15, 0.2) is 0 Å². The molecule has 9 heteroatoms. The number of aliphatic hydroxyl groups excluding tert-OH is 1. The van der Waals surface area contributed by atoms with Crippen LogP contribution in [0.25, 0.3) is 0 Å². The molecule has 1 heterocycles. The second kappa shape index (κ2) is 7.28. The molecule has 136 valence electrons. The van der Waals surface area contributed by atoms with Crippen LogP contribution in [-0.4, -0.2) is 62.8 Å². The number of rotatable bonds is 5. The molecule has 1 N–H and O–H groups in total. The first kappa shape index (κ1) is 19.0. The van der Waals surface area contributed by atoms with Gasteiger partial charge in [-0.25, -0.2) is 8.42 Å². The molecule has 0 radical (unpaired) electrons. The van der Waals surface area contributed by atoms with Gasteiger partial charge < -0.3 is 10.0 Å². The van der Waals surface area contributed by atoms with Crippen LogP contribution >= 0.6 is 0 Å². The van der Waals surface area contributed by atoms with Crippen LogP contribution in [0.3, 0.4) is 0 Å². The molecular formula is C15H21F3N2O3S. The summed E-state index contributed by atoms with van der Waals surface area (Å²) < 4.78 is 62.1. The SMILES string of the molecule is CC[C@H](O)CN1CCN(c2ccccc2S(=O)(=O)C(F)(F)F)CC1. The molecule has 1 saturated heterocycles. The molecule has 0 spiro atoms. The van der Waals surface area contributed by atoms with Crippen molar-refractivity contribution in [3.8, 4) is 0 Å². The normalized spacial score (nSPS) is 18.6. The Kier molecular flexibility index (Phi) is 5.77. The fourth-order valence-electron chi connectivity index (χ4n) is 2.67. The van der Waals surface area contributed by atoms with Gasteiger partial charge in [0.05, 0.1) is 16.7 Å². The third-order valence-electron chi connectivity index (χ3n) is 4.11. The van der Waals surface area contributed by atoms with E-state index in [1.54, 1.807) is 4.90 Å². The standard InChI is InChI=1S/C15H21F3N2O3S/c1-2-12(21)11-19-7-9-20(10-8-19)13-5-3-4-6-14(13)24(22,23)15(16,17)18/h3-6,12,21H,2,7-11H2,1H3/t12-/m0/s1. The zero-order valence-electron chi connectivity index (χ0n) is 13.3. The van der Waals surface area contributed by atoms with Crippen molar-refractivity contribution in [2.24, 2.45) is 0 Å². The maximum absolute atomic E-state index is 12.9. The second-order valence-corrected chi connectivity index (χ2v) is 7.68. The van der Waals surface area contributed by atoms with Crippen LogP contribution in [0.1, 0.15) is 13.3 Å². The lowest BCUT2D eigenvalue weighted by molar-refractivity contribution is -0.0435. The summed E-state index contributed by atoms with van der Waals surface area (Å²) in [5.41, 5.74) is -5.25. The van der Waals surface area contributed by atoms with Crippen molar-refractivity contribution in [3.63, 3.8) is 0 Å². The van der Waals surface area contributed by atoms with E-state index in [4.69, 9.17) is 0 Å². The molecule has 1 atom stereocenters. The number of β-amino-alcohol motifs (C(OH)–C–C–N with tert-alkyl or cyclic N) is 1. The van der Waals surface area contributed by atoms with Gasteiger partial charge in [-0.05, 0) is 18.6 Å². The number of halogens is 3. The molecule has 0 aliphatic carbocycles. The summed E-state index contributed by atoms with van der Waals surface area (Å²) in [6.07, 6.45) is 0.196. The monoisotopic (exact) mass is 366 g/mol. The van der Waals surface area contributed by atoms with Crippen LogP contribution in [-0.2, 0) is 9.84 Å². The minimum atomic E-state index is -5.39. The smallest absolute Gasteiger partial charge is 0.392 e. The van der Waals surface area contributed by atoms with E-state index in [2.05, 4.69) is 0 Å². The van der Waals surface area contributed by atoms with E-state index in [0.717, 1.165) is 6.07 Å². The Hall–Kier alpha value is -1.32. The minimum absolute atomic E-state index is 0.0746. The molecule has 1 fully saturated rings. The second-order valence-electron chi connectivity index (χ2n) is 5.77. The number of nitrogens with zero attached hydrogens (tertiary/aromatic N) is 2. The van der Waals surface area contributed by atoms with Gasteiger partial charge >= 0.3 is 5.51 Å². The Bertz CT molecular complexity index is 656. The average Bonchev–Trinajstić information content (AvgIpc) is 2.54. The van der Waals surface area contributed by atoms with Gasteiger partial charge in [0, 0.05) is 32.7 Å². The van der Waals surface area contributed by atoms with E-state index in [9.17, 15) is 26.7 Å². The number of benzene rings is 1. The van der Waals surface area contributed by atoms with Crippen molar-refractivity contribution < 1.29 is 26.7 Å². The zero-order chi connectivity index (χ0) is 18.0. The molecule has 5 nitrogen and oxygen atoms in total. The predicted octanol–water partition coefficient (Wildman–Crippen LogP) is 1.87. The van der Waals surface area contributed by atoms with E-state index >= 15 is 0 Å². The first-order valence-electron chi connectivity index (χ1n) is 7.72. The highest BCUT2D eigenvalue weighted by molar-refractivity contribution is 7.92. The number of piperazine rings is 1. The van der Waals surface area contributed by atoms with Crippen molar-refractivity contribution in [3.05, 3.63) is 24.3 Å². The molecule has 24 heavy (non-hydrogen) atoms. The Morgan fingerprint density at radius 3 is 2.29 bits per heavy atom. The van der Waals surface area contributed by atoms with Crippen LogP contribution in [0, 0.1) is 0 Å². The van der Waals surface area contributed by atoms with E-state index < -0.39 is 26.3 Å². The van der Waals surface area contributed by atoms with E-state index in [-0.39, 0.29) is 5.69 Å². The largest absolute Gasteiger partial charge is 0.501 e. The van der Waals surface area contributed by atoms with Crippen molar-refractivity contribution in [1.29, 1.82) is 0 Å². The number of hydrogen-bond acceptors (Lipinski definition) is 5. The lowest BCUT2D eigenvalue weighted by atomic mass is 10.2. The van der Waals surface area contributed by atoms with E-state index in [1.165, 1.54) is 18.2 Å². The number of para-hydroxylation sites is 1. The van der Waals surface area contributed by atoms with Crippen LogP contribution in [0.15, 0.2) is 29.2 Å². The van der Waals surface area contributed by atoms with Crippen LogP contribution in [0.4, 0.5) is 18.9 Å². The topological polar surface area (TPSA) is 60.9 Å². The highest BCUT2D eigenvalue weighted by Gasteiger charge is 2.48. The zero-order valence-corrected chi connectivity index (χ0v) is 14.1. The fourth-order valence-corrected chi connectivity index (χ4v) is 3.65. The molecule has 1 aliphatic heterocycles. The van der Waals surface area contributed by atoms with E-state index in [1.807, 2.05) is 11.8 Å². The summed E-state index contributed by atoms with van der Waals surface area (Å²) in [7, 11) is -5.39. The van der Waals surface area contributed by atoms with Crippen molar-refractivity contribution in [2.45, 2.75) is 29.9 Å². The summed E-state index contributed by atoms with van der Waals surface area (Å²) >= 11 is 0. The molecule has 1 aliphatic rings. The van der Waals surface area contributed by atoms with Gasteiger partial charge in [-0.2, -0.15) is 13.2 Å². The summed E-state index contributed by atoms with van der Waals surface area (Å²) in [6, 6.07) is 5.20. The number of alkyl halides is 3. The van der Waals surface area contributed by atoms with Crippen molar-refractivity contribution in [1.82, 2.24) is 4.90 Å². The molecule has 0 saturated carbocycles. The third-order valence-corrected chi connectivity index (χ3v) is 5.65. The number of aliphatic hydroxyl groups is 1. The molecule has 0 bridgehead atoms. The molecular weight excluding hydrogens is 345 g/mol. The summed E-state index contributed by atoms with van der Waals surface area (Å²) in [5.74, 6) is 0. The summed E-state index contributed by atoms with van der Waals surface area (Å²) in [6.45, 7) is 4.29. The average molecular weight is 366 g/mol. The van der Waals surface area contributed by atoms with Crippen LogP contribution in [0.2, 0.25) is 0 Å². The first-order chi connectivity index (χ1) is 11.2. The van der Waals surface area contributed by atoms with E-state index in [0.29, 0.717) is 39.1 Å². The Balaban J connectivity index is 2.18. The molecule has 0 aromatic heterocycles. The summed E-state index contributed by atoms with van der Waals surface area (Å²) in [5, 5.41) is 9.67. The number of sulfone groups is 1. The first-order valence-corrected chi connectivity index (χ1v) is 9.21. The van der Waals surface area contributed by atoms with Crippen molar-refractivity contribution in [2.75, 3.05) is 37.6 Å². The summed E-state index contributed by atoms with van der Waals surface area (Å²) in [4.78, 5) is 2.96. The Labute approximate surface area is 139 Å². The number of anilines is 1. The van der Waals surface area contributed by atoms with Gasteiger partial charge in [-0.1, -0.05) is 19.1 Å². The quantitative estimate of drug-likeness (QED) is 0.862. The van der Waals surface area contributed by atoms with Gasteiger partial charge in [0.1, 0.15) is 0 Å². The molecule has 1 aromatic carbocycles. The van der Waals surface area contributed by atoms with Gasteiger partial charge in [0.2, 0.25) is 0 Å².